The minimum Gasteiger partial charge on any atom is -0.389 e. The van der Waals surface area contributed by atoms with Gasteiger partial charge in [-0.1, -0.05) is 17.7 Å². The van der Waals surface area contributed by atoms with Crippen molar-refractivity contribution >= 4 is 10.0 Å². The fourth-order valence-corrected chi connectivity index (χ4v) is 3.85. The highest BCUT2D eigenvalue weighted by Crippen LogP contribution is 2.37. The Balaban J connectivity index is 2.00. The third-order valence-corrected chi connectivity index (χ3v) is 6.04. The third kappa shape index (κ3) is 4.34. The molecule has 1 heterocycles. The SMILES string of the molecule is Cc1ccc(S(=O)(=O)NC[C@@H](O)[C@@]2(C)CC[C@@H](C(C)(C)O)O2)cc1. The van der Waals surface area contributed by atoms with E-state index >= 15 is 0 Å². The second-order valence-corrected chi connectivity index (χ2v) is 9.06. The molecule has 0 aliphatic carbocycles. The predicted octanol–water partition coefficient (Wildman–Crippen LogP) is 1.34. The van der Waals surface area contributed by atoms with Gasteiger partial charge in [0.2, 0.25) is 10.0 Å². The molecule has 1 fully saturated rings. The summed E-state index contributed by atoms with van der Waals surface area (Å²) in [5, 5.41) is 20.5. The zero-order chi connectivity index (χ0) is 18.2. The topological polar surface area (TPSA) is 95.9 Å². The summed E-state index contributed by atoms with van der Waals surface area (Å²) in [6.07, 6.45) is -0.229. The molecular formula is C17H27NO5S. The van der Waals surface area contributed by atoms with Gasteiger partial charge in [0, 0.05) is 6.54 Å². The summed E-state index contributed by atoms with van der Waals surface area (Å²) in [6.45, 7) is 6.80. The normalized spacial score (nSPS) is 26.5. The maximum Gasteiger partial charge on any atom is 0.240 e. The van der Waals surface area contributed by atoms with Gasteiger partial charge in [-0.15, -0.1) is 0 Å². The van der Waals surface area contributed by atoms with E-state index < -0.39 is 27.3 Å². The van der Waals surface area contributed by atoms with Gasteiger partial charge in [0.05, 0.1) is 28.3 Å². The number of rotatable bonds is 6. The van der Waals surface area contributed by atoms with Crippen LogP contribution in [-0.2, 0) is 14.8 Å². The van der Waals surface area contributed by atoms with E-state index in [1.807, 2.05) is 6.92 Å². The van der Waals surface area contributed by atoms with Crippen LogP contribution >= 0.6 is 0 Å². The van der Waals surface area contributed by atoms with Crippen LogP contribution in [0.3, 0.4) is 0 Å². The largest absolute Gasteiger partial charge is 0.389 e. The van der Waals surface area contributed by atoms with Crippen molar-refractivity contribution in [3.8, 4) is 0 Å². The van der Waals surface area contributed by atoms with Gasteiger partial charge in [-0.2, -0.15) is 0 Å². The first kappa shape index (κ1) is 19.3. The van der Waals surface area contributed by atoms with Crippen LogP contribution in [0.1, 0.15) is 39.2 Å². The Labute approximate surface area is 143 Å². The Morgan fingerprint density at radius 3 is 2.46 bits per heavy atom. The summed E-state index contributed by atoms with van der Waals surface area (Å²) in [5.41, 5.74) is -0.919. The zero-order valence-electron chi connectivity index (χ0n) is 14.6. The molecule has 0 unspecified atom stereocenters. The van der Waals surface area contributed by atoms with Gasteiger partial charge in [-0.25, -0.2) is 13.1 Å². The van der Waals surface area contributed by atoms with E-state index in [1.54, 1.807) is 32.9 Å². The van der Waals surface area contributed by atoms with Crippen molar-refractivity contribution in [1.82, 2.24) is 4.72 Å². The van der Waals surface area contributed by atoms with Crippen LogP contribution in [0.2, 0.25) is 0 Å². The van der Waals surface area contributed by atoms with Gasteiger partial charge in [-0.3, -0.25) is 0 Å². The van der Waals surface area contributed by atoms with E-state index in [0.29, 0.717) is 12.8 Å². The highest BCUT2D eigenvalue weighted by atomic mass is 32.2. The molecule has 2 rings (SSSR count). The maximum absolute atomic E-state index is 12.3. The van der Waals surface area contributed by atoms with Crippen molar-refractivity contribution in [3.05, 3.63) is 29.8 Å². The van der Waals surface area contributed by atoms with Crippen molar-refractivity contribution in [2.24, 2.45) is 0 Å². The Morgan fingerprint density at radius 1 is 1.38 bits per heavy atom. The van der Waals surface area contributed by atoms with Gasteiger partial charge in [0.25, 0.3) is 0 Å². The number of sulfonamides is 1. The molecule has 24 heavy (non-hydrogen) atoms. The molecule has 0 radical (unpaired) electrons. The van der Waals surface area contributed by atoms with Gasteiger partial charge >= 0.3 is 0 Å². The van der Waals surface area contributed by atoms with Crippen LogP contribution in [0.4, 0.5) is 0 Å². The van der Waals surface area contributed by atoms with Crippen molar-refractivity contribution in [2.45, 2.75) is 68.8 Å². The summed E-state index contributed by atoms with van der Waals surface area (Å²) < 4.78 is 32.8. The summed E-state index contributed by atoms with van der Waals surface area (Å²) >= 11 is 0. The molecule has 1 saturated heterocycles. The van der Waals surface area contributed by atoms with Crippen LogP contribution in [0, 0.1) is 6.92 Å². The highest BCUT2D eigenvalue weighted by molar-refractivity contribution is 7.89. The molecule has 3 atom stereocenters. The molecule has 0 saturated carbocycles. The van der Waals surface area contributed by atoms with Crippen molar-refractivity contribution in [1.29, 1.82) is 0 Å². The molecule has 0 amide bonds. The molecular weight excluding hydrogens is 330 g/mol. The molecule has 1 aromatic carbocycles. The lowest BCUT2D eigenvalue weighted by Crippen LogP contribution is -2.48. The number of nitrogens with one attached hydrogen (secondary N) is 1. The van der Waals surface area contributed by atoms with Crippen LogP contribution < -0.4 is 4.72 Å². The highest BCUT2D eigenvalue weighted by Gasteiger charge is 2.46. The second kappa shape index (κ2) is 6.72. The summed E-state index contributed by atoms with van der Waals surface area (Å²) in [4.78, 5) is 0.159. The smallest absolute Gasteiger partial charge is 0.240 e. The van der Waals surface area contributed by atoms with E-state index in [2.05, 4.69) is 4.72 Å². The van der Waals surface area contributed by atoms with Gasteiger partial charge in [-0.05, 0) is 52.7 Å². The molecule has 0 spiro atoms. The van der Waals surface area contributed by atoms with Crippen molar-refractivity contribution < 1.29 is 23.4 Å². The van der Waals surface area contributed by atoms with Crippen molar-refractivity contribution in [3.63, 3.8) is 0 Å². The maximum atomic E-state index is 12.3. The number of hydrogen-bond acceptors (Lipinski definition) is 5. The lowest BCUT2D eigenvalue weighted by molar-refractivity contribution is -0.151. The molecule has 0 aromatic heterocycles. The van der Waals surface area contributed by atoms with Gasteiger partial charge in [0.1, 0.15) is 0 Å². The molecule has 7 heteroatoms. The average molecular weight is 357 g/mol. The minimum atomic E-state index is -3.69. The molecule has 1 aromatic rings. The van der Waals surface area contributed by atoms with Crippen LogP contribution in [-0.4, -0.2) is 48.6 Å². The molecule has 136 valence electrons. The fourth-order valence-electron chi connectivity index (χ4n) is 2.81. The van der Waals surface area contributed by atoms with E-state index in [4.69, 9.17) is 4.74 Å². The van der Waals surface area contributed by atoms with Crippen LogP contribution in [0.25, 0.3) is 0 Å². The van der Waals surface area contributed by atoms with Crippen LogP contribution in [0.5, 0.6) is 0 Å². The number of benzene rings is 1. The Bertz CT molecular complexity index is 665. The monoisotopic (exact) mass is 357 g/mol. The average Bonchev–Trinajstić information content (AvgIpc) is 2.89. The molecule has 6 nitrogen and oxygen atoms in total. The summed E-state index contributed by atoms with van der Waals surface area (Å²) in [7, 11) is -3.69. The molecule has 0 bridgehead atoms. The zero-order valence-corrected chi connectivity index (χ0v) is 15.4. The quantitative estimate of drug-likeness (QED) is 0.714. The van der Waals surface area contributed by atoms with Crippen LogP contribution in [0.15, 0.2) is 29.2 Å². The van der Waals surface area contributed by atoms with E-state index in [0.717, 1.165) is 5.56 Å². The number of aliphatic hydroxyl groups is 2. The van der Waals surface area contributed by atoms with E-state index in [1.165, 1.54) is 12.1 Å². The van der Waals surface area contributed by atoms with Gasteiger partial charge < -0.3 is 14.9 Å². The first-order valence-corrected chi connectivity index (χ1v) is 9.57. The number of aliphatic hydroxyl groups excluding tert-OH is 1. The summed E-state index contributed by atoms with van der Waals surface area (Å²) in [6, 6.07) is 6.50. The molecule has 1 aliphatic rings. The second-order valence-electron chi connectivity index (χ2n) is 7.29. The molecule has 1 aliphatic heterocycles. The third-order valence-electron chi connectivity index (χ3n) is 4.61. The van der Waals surface area contributed by atoms with E-state index in [-0.39, 0.29) is 17.5 Å². The number of aryl methyl sites for hydroxylation is 1. The van der Waals surface area contributed by atoms with Crippen molar-refractivity contribution in [2.75, 3.05) is 6.54 Å². The first-order valence-electron chi connectivity index (χ1n) is 8.09. The standard InChI is InChI=1S/C17H27NO5S/c1-12-5-7-13(8-6-12)24(21,22)18-11-14(19)17(4)10-9-15(23-17)16(2,3)20/h5-8,14-15,18-20H,9-11H2,1-4H3/t14-,15+,17-/m1/s1. The minimum absolute atomic E-state index is 0.148. The number of hydrogen-bond donors (Lipinski definition) is 3. The predicted molar refractivity (Wildman–Crippen MR) is 91.2 cm³/mol. The van der Waals surface area contributed by atoms with E-state index in [9.17, 15) is 18.6 Å². The lowest BCUT2D eigenvalue weighted by Gasteiger charge is -2.33. The lowest BCUT2D eigenvalue weighted by atomic mass is 9.93. The Kier molecular flexibility index (Phi) is 5.42. The fraction of sp³-hybridized carbons (Fsp3) is 0.647. The summed E-state index contributed by atoms with van der Waals surface area (Å²) in [5.74, 6) is 0. The van der Waals surface area contributed by atoms with Gasteiger partial charge in [0.15, 0.2) is 0 Å². The Morgan fingerprint density at radius 2 is 1.96 bits per heavy atom. The molecule has 3 N–H and O–H groups in total. The first-order chi connectivity index (χ1) is 10.9. The number of ether oxygens (including phenoxy) is 1. The Hall–Kier alpha value is -0.990.